The fourth-order valence-electron chi connectivity index (χ4n) is 1.51. The fraction of sp³-hybridized carbons (Fsp3) is 0. The van der Waals surface area contributed by atoms with E-state index in [2.05, 4.69) is 11.9 Å². The van der Waals surface area contributed by atoms with Crippen molar-refractivity contribution in [3.63, 3.8) is 0 Å². The largest absolute Gasteiger partial charge is 0.300 e. The fourth-order valence-corrected chi connectivity index (χ4v) is 1.51. The van der Waals surface area contributed by atoms with E-state index >= 15 is 0 Å². The van der Waals surface area contributed by atoms with E-state index in [1.807, 2.05) is 0 Å². The molecule has 0 amide bonds. The second kappa shape index (κ2) is 4.24. The average molecular weight is 247 g/mol. The zero-order valence-electron chi connectivity index (χ0n) is 9.02. The highest BCUT2D eigenvalue weighted by Gasteiger charge is 2.21. The van der Waals surface area contributed by atoms with Crippen molar-refractivity contribution in [2.75, 3.05) is 0 Å². The van der Waals surface area contributed by atoms with Gasteiger partial charge >= 0.3 is 0 Å². The van der Waals surface area contributed by atoms with Gasteiger partial charge < -0.3 is 0 Å². The van der Waals surface area contributed by atoms with Gasteiger partial charge in [0.05, 0.1) is 22.2 Å². The zero-order chi connectivity index (χ0) is 13.3. The summed E-state index contributed by atoms with van der Waals surface area (Å²) in [6.45, 7) is 3.66. The number of nitrogens with zero attached hydrogens (tertiary/aromatic N) is 4. The van der Waals surface area contributed by atoms with Crippen LogP contribution in [0.2, 0.25) is 0 Å². The maximum absolute atomic E-state index is 10.9. The van der Waals surface area contributed by atoms with Crippen molar-refractivity contribution >= 4 is 11.4 Å². The first kappa shape index (κ1) is 11.7. The minimum absolute atomic E-state index is 0.188. The van der Waals surface area contributed by atoms with Crippen LogP contribution in [0.4, 0.5) is 11.4 Å². The lowest BCUT2D eigenvalue weighted by molar-refractivity contribution is -0.394. The highest BCUT2D eigenvalue weighted by atomic mass is 16.6. The van der Waals surface area contributed by atoms with Crippen LogP contribution in [-0.2, 0) is 0 Å². The highest BCUT2D eigenvalue weighted by Crippen LogP contribution is 2.28. The number of benzene rings is 1. The first-order chi connectivity index (χ1) is 8.50. The summed E-state index contributed by atoms with van der Waals surface area (Å²) in [6, 6.07) is 3.41. The number of nitro groups is 2. The Balaban J connectivity index is 2.65. The standard InChI is InChI=1S/C10H7N4O4/c1-7-5-11-6-12(7)9-3-2-8(13(15)16)4-10(9)14(17)18/h2-6H,1H2. The van der Waals surface area contributed by atoms with Crippen molar-refractivity contribution in [1.29, 1.82) is 0 Å². The third kappa shape index (κ3) is 1.90. The third-order valence-corrected chi connectivity index (χ3v) is 2.34. The van der Waals surface area contributed by atoms with Gasteiger partial charge in [-0.2, -0.15) is 0 Å². The first-order valence-electron chi connectivity index (χ1n) is 4.78. The Morgan fingerprint density at radius 2 is 1.94 bits per heavy atom. The molecule has 91 valence electrons. The van der Waals surface area contributed by atoms with E-state index in [-0.39, 0.29) is 17.1 Å². The summed E-state index contributed by atoms with van der Waals surface area (Å²) in [4.78, 5) is 24.0. The summed E-state index contributed by atoms with van der Waals surface area (Å²) >= 11 is 0. The molecule has 0 aliphatic rings. The van der Waals surface area contributed by atoms with Gasteiger partial charge in [0.2, 0.25) is 0 Å². The molecule has 0 atom stereocenters. The molecule has 1 heterocycles. The lowest BCUT2D eigenvalue weighted by atomic mass is 10.2. The Morgan fingerprint density at radius 1 is 1.22 bits per heavy atom. The molecule has 0 bridgehead atoms. The molecular weight excluding hydrogens is 240 g/mol. The number of hydrogen-bond acceptors (Lipinski definition) is 5. The molecule has 8 nitrogen and oxygen atoms in total. The molecule has 0 aliphatic heterocycles. The summed E-state index contributed by atoms with van der Waals surface area (Å²) in [6.07, 6.45) is 2.79. The molecule has 0 fully saturated rings. The normalized spacial score (nSPS) is 10.3. The molecule has 0 unspecified atom stereocenters. The average Bonchev–Trinajstić information content (AvgIpc) is 2.74. The van der Waals surface area contributed by atoms with Crippen molar-refractivity contribution in [1.82, 2.24) is 9.55 Å². The number of rotatable bonds is 3. The summed E-state index contributed by atoms with van der Waals surface area (Å²) in [5.41, 5.74) is -0.0664. The van der Waals surface area contributed by atoms with Gasteiger partial charge in [0.1, 0.15) is 5.69 Å². The lowest BCUT2D eigenvalue weighted by Gasteiger charge is -2.05. The molecule has 8 heteroatoms. The monoisotopic (exact) mass is 247 g/mol. The van der Waals surface area contributed by atoms with E-state index in [9.17, 15) is 20.2 Å². The van der Waals surface area contributed by atoms with Gasteiger partial charge in [0.25, 0.3) is 11.4 Å². The van der Waals surface area contributed by atoms with Crippen molar-refractivity contribution < 1.29 is 9.85 Å². The smallest absolute Gasteiger partial charge is 0.297 e. The number of aromatic nitrogens is 2. The van der Waals surface area contributed by atoms with Crippen molar-refractivity contribution in [3.05, 3.63) is 63.6 Å². The summed E-state index contributed by atoms with van der Waals surface area (Å²) < 4.78 is 1.39. The molecule has 0 saturated heterocycles. The number of nitro benzene ring substituents is 2. The number of hydrogen-bond donors (Lipinski definition) is 0. The predicted molar refractivity (Wildman–Crippen MR) is 61.3 cm³/mol. The van der Waals surface area contributed by atoms with Crippen molar-refractivity contribution in [2.24, 2.45) is 0 Å². The minimum Gasteiger partial charge on any atom is -0.297 e. The van der Waals surface area contributed by atoms with Gasteiger partial charge in [0.15, 0.2) is 0 Å². The van der Waals surface area contributed by atoms with Gasteiger partial charge in [-0.05, 0) is 13.0 Å². The van der Waals surface area contributed by atoms with Crippen LogP contribution in [-0.4, -0.2) is 19.4 Å². The maximum atomic E-state index is 10.9. The molecule has 0 spiro atoms. The first-order valence-corrected chi connectivity index (χ1v) is 4.78. The van der Waals surface area contributed by atoms with Crippen LogP contribution in [0.25, 0.3) is 5.69 Å². The van der Waals surface area contributed by atoms with Crippen molar-refractivity contribution in [3.8, 4) is 5.69 Å². The number of imidazole rings is 1. The van der Waals surface area contributed by atoms with E-state index < -0.39 is 9.85 Å². The molecule has 1 aromatic carbocycles. The van der Waals surface area contributed by atoms with E-state index in [1.165, 1.54) is 29.2 Å². The summed E-state index contributed by atoms with van der Waals surface area (Å²) in [7, 11) is 0. The molecule has 1 radical (unpaired) electrons. The molecule has 0 saturated carbocycles. The van der Waals surface area contributed by atoms with Crippen LogP contribution in [0.5, 0.6) is 0 Å². The Hall–Kier alpha value is -2.77. The van der Waals surface area contributed by atoms with Gasteiger partial charge in [-0.1, -0.05) is 0 Å². The quantitative estimate of drug-likeness (QED) is 0.608. The van der Waals surface area contributed by atoms with Crippen LogP contribution >= 0.6 is 0 Å². The van der Waals surface area contributed by atoms with Gasteiger partial charge in [-0.25, -0.2) is 4.98 Å². The minimum atomic E-state index is -0.685. The predicted octanol–water partition coefficient (Wildman–Crippen LogP) is 1.87. The Labute approximate surface area is 101 Å². The van der Waals surface area contributed by atoms with E-state index in [1.54, 1.807) is 0 Å². The summed E-state index contributed by atoms with van der Waals surface area (Å²) in [5, 5.41) is 21.5. The SMILES string of the molecule is [CH2]c1cncn1-c1ccc([N+](=O)[O-])cc1[N+](=O)[O-]. The molecule has 0 N–H and O–H groups in total. The molecular formula is C10H7N4O4. The maximum Gasteiger partial charge on any atom is 0.300 e. The van der Waals surface area contributed by atoms with Gasteiger partial charge in [0, 0.05) is 18.0 Å². The Bertz CT molecular complexity index is 635. The van der Waals surface area contributed by atoms with Crippen LogP contribution in [0.3, 0.4) is 0 Å². The van der Waals surface area contributed by atoms with Gasteiger partial charge in [-0.3, -0.25) is 24.8 Å². The molecule has 0 aliphatic carbocycles. The molecule has 2 aromatic rings. The number of non-ortho nitro benzene ring substituents is 1. The van der Waals surface area contributed by atoms with E-state index in [0.717, 1.165) is 6.07 Å². The lowest BCUT2D eigenvalue weighted by Crippen LogP contribution is -2.01. The van der Waals surface area contributed by atoms with E-state index in [0.29, 0.717) is 5.69 Å². The van der Waals surface area contributed by atoms with Crippen LogP contribution in [0, 0.1) is 27.2 Å². The molecule has 2 rings (SSSR count). The van der Waals surface area contributed by atoms with E-state index in [4.69, 9.17) is 0 Å². The second-order valence-electron chi connectivity index (χ2n) is 3.44. The highest BCUT2D eigenvalue weighted by molar-refractivity contribution is 5.58. The van der Waals surface area contributed by atoms with Crippen LogP contribution in [0.1, 0.15) is 5.69 Å². The van der Waals surface area contributed by atoms with Crippen molar-refractivity contribution in [2.45, 2.75) is 0 Å². The zero-order valence-corrected chi connectivity index (χ0v) is 9.02. The molecule has 18 heavy (non-hydrogen) atoms. The third-order valence-electron chi connectivity index (χ3n) is 2.34. The molecule has 1 aromatic heterocycles. The summed E-state index contributed by atoms with van der Waals surface area (Å²) in [5.74, 6) is 0. The second-order valence-corrected chi connectivity index (χ2v) is 3.44. The van der Waals surface area contributed by atoms with Gasteiger partial charge in [-0.15, -0.1) is 0 Å². The Morgan fingerprint density at radius 3 is 2.44 bits per heavy atom. The van der Waals surface area contributed by atoms with Crippen LogP contribution in [0.15, 0.2) is 30.7 Å². The van der Waals surface area contributed by atoms with Crippen LogP contribution < -0.4 is 0 Å². The topological polar surface area (TPSA) is 104 Å². The Kier molecular flexibility index (Phi) is 2.76.